The molecule has 1 aromatic carbocycles. The minimum atomic E-state index is -1.13. The maximum absolute atomic E-state index is 10.6. The molecule has 0 radical (unpaired) electrons. The van der Waals surface area contributed by atoms with Gasteiger partial charge in [-0.25, -0.2) is 4.79 Å². The predicted octanol–water partition coefficient (Wildman–Crippen LogP) is 2.18. The zero-order valence-corrected chi connectivity index (χ0v) is 10.4. The van der Waals surface area contributed by atoms with Crippen molar-refractivity contribution in [2.24, 2.45) is 0 Å². The Hall–Kier alpha value is -2.76. The summed E-state index contributed by atoms with van der Waals surface area (Å²) in [5, 5.41) is 17.3. The molecule has 0 aliphatic heterocycles. The normalized spacial score (nSPS) is 10.2. The number of carboxylic acid groups (broad SMARTS) is 2. The van der Waals surface area contributed by atoms with Gasteiger partial charge in [0.2, 0.25) is 5.76 Å². The number of carbonyl (C=O) groups is 2. The van der Waals surface area contributed by atoms with Crippen LogP contribution in [-0.4, -0.2) is 22.2 Å². The highest BCUT2D eigenvalue weighted by atomic mass is 16.5. The molecule has 6 heteroatoms. The third-order valence-corrected chi connectivity index (χ3v) is 2.53. The second-order valence-electron chi connectivity index (χ2n) is 4.07. The van der Waals surface area contributed by atoms with Gasteiger partial charge >= 0.3 is 11.9 Å². The third-order valence-electron chi connectivity index (χ3n) is 2.53. The highest BCUT2D eigenvalue weighted by Gasteiger charge is 2.09. The van der Waals surface area contributed by atoms with Gasteiger partial charge in [0.25, 0.3) is 0 Å². The fraction of sp³-hybridized carbons (Fsp3) is 0.143. The van der Waals surface area contributed by atoms with Crippen LogP contribution in [0.2, 0.25) is 0 Å². The van der Waals surface area contributed by atoms with Gasteiger partial charge < -0.3 is 19.4 Å². The van der Waals surface area contributed by atoms with Gasteiger partial charge in [-0.2, -0.15) is 0 Å². The molecule has 0 saturated heterocycles. The molecule has 20 heavy (non-hydrogen) atoms. The minimum absolute atomic E-state index is 0.0412. The topological polar surface area (TPSA) is 97.0 Å². The molecule has 2 rings (SSSR count). The number of aliphatic carboxylic acids is 1. The average molecular weight is 276 g/mol. The zero-order chi connectivity index (χ0) is 14.5. The first-order chi connectivity index (χ1) is 9.54. The molecule has 104 valence electrons. The summed E-state index contributed by atoms with van der Waals surface area (Å²) in [7, 11) is 0. The molecular weight excluding hydrogens is 264 g/mol. The van der Waals surface area contributed by atoms with Crippen molar-refractivity contribution < 1.29 is 29.0 Å². The summed E-state index contributed by atoms with van der Waals surface area (Å²) in [4.78, 5) is 21.2. The van der Waals surface area contributed by atoms with Crippen LogP contribution >= 0.6 is 0 Å². The summed E-state index contributed by atoms with van der Waals surface area (Å²) >= 11 is 0. The van der Waals surface area contributed by atoms with Crippen LogP contribution < -0.4 is 4.74 Å². The SMILES string of the molecule is O=C(O)Cc1ccc(OCc2ccc(C(=O)O)o2)cc1. The number of benzene rings is 1. The number of carboxylic acids is 2. The van der Waals surface area contributed by atoms with Crippen LogP contribution in [0.5, 0.6) is 5.75 Å². The van der Waals surface area contributed by atoms with E-state index >= 15 is 0 Å². The van der Waals surface area contributed by atoms with E-state index in [1.54, 1.807) is 24.3 Å². The van der Waals surface area contributed by atoms with E-state index in [1.165, 1.54) is 12.1 Å². The quantitative estimate of drug-likeness (QED) is 0.839. The molecule has 0 atom stereocenters. The zero-order valence-electron chi connectivity index (χ0n) is 10.4. The second kappa shape index (κ2) is 5.92. The summed E-state index contributed by atoms with van der Waals surface area (Å²) in [6.07, 6.45) is -0.0412. The van der Waals surface area contributed by atoms with Crippen molar-refractivity contribution in [3.05, 3.63) is 53.5 Å². The van der Waals surface area contributed by atoms with Crippen LogP contribution in [0.15, 0.2) is 40.8 Å². The molecule has 2 aromatic rings. The van der Waals surface area contributed by atoms with Crippen molar-refractivity contribution in [3.8, 4) is 5.75 Å². The maximum atomic E-state index is 10.6. The van der Waals surface area contributed by atoms with Crippen LogP contribution in [0.1, 0.15) is 21.9 Å². The second-order valence-corrected chi connectivity index (χ2v) is 4.07. The van der Waals surface area contributed by atoms with Gasteiger partial charge in [-0.05, 0) is 29.8 Å². The third kappa shape index (κ3) is 3.61. The van der Waals surface area contributed by atoms with E-state index in [0.29, 0.717) is 17.1 Å². The van der Waals surface area contributed by atoms with Crippen LogP contribution in [0.25, 0.3) is 0 Å². The number of furan rings is 1. The molecule has 0 fully saturated rings. The number of aromatic carboxylic acids is 1. The summed E-state index contributed by atoms with van der Waals surface area (Å²) in [6.45, 7) is 0.103. The van der Waals surface area contributed by atoms with Crippen molar-refractivity contribution >= 4 is 11.9 Å². The largest absolute Gasteiger partial charge is 0.486 e. The van der Waals surface area contributed by atoms with Crippen molar-refractivity contribution in [2.45, 2.75) is 13.0 Å². The van der Waals surface area contributed by atoms with E-state index in [4.69, 9.17) is 19.4 Å². The molecule has 0 saturated carbocycles. The van der Waals surface area contributed by atoms with E-state index < -0.39 is 11.9 Å². The fourth-order valence-corrected chi connectivity index (χ4v) is 1.60. The average Bonchev–Trinajstić information content (AvgIpc) is 2.86. The van der Waals surface area contributed by atoms with Crippen molar-refractivity contribution in [1.29, 1.82) is 0 Å². The Kier molecular flexibility index (Phi) is 4.05. The summed E-state index contributed by atoms with van der Waals surface area (Å²) in [5.41, 5.74) is 0.677. The van der Waals surface area contributed by atoms with Crippen molar-refractivity contribution in [1.82, 2.24) is 0 Å². The van der Waals surface area contributed by atoms with Gasteiger partial charge in [-0.15, -0.1) is 0 Å². The highest BCUT2D eigenvalue weighted by molar-refractivity contribution is 5.84. The summed E-state index contributed by atoms with van der Waals surface area (Å²) < 4.78 is 10.5. The van der Waals surface area contributed by atoms with E-state index in [-0.39, 0.29) is 18.8 Å². The lowest BCUT2D eigenvalue weighted by Gasteiger charge is -2.04. The molecule has 0 unspecified atom stereocenters. The smallest absolute Gasteiger partial charge is 0.371 e. The molecular formula is C14H12O6. The molecule has 0 aliphatic carbocycles. The minimum Gasteiger partial charge on any atom is -0.486 e. The van der Waals surface area contributed by atoms with E-state index in [2.05, 4.69) is 0 Å². The van der Waals surface area contributed by atoms with E-state index in [1.807, 2.05) is 0 Å². The Morgan fingerprint density at radius 2 is 1.75 bits per heavy atom. The fourth-order valence-electron chi connectivity index (χ4n) is 1.60. The Bertz CT molecular complexity index is 611. The van der Waals surface area contributed by atoms with E-state index in [9.17, 15) is 9.59 Å². The van der Waals surface area contributed by atoms with Crippen LogP contribution in [-0.2, 0) is 17.8 Å². The molecule has 1 heterocycles. The standard InChI is InChI=1S/C14H12O6/c15-13(16)7-9-1-3-10(4-2-9)19-8-11-5-6-12(20-11)14(17)18/h1-6H,7-8H2,(H,15,16)(H,17,18). The van der Waals surface area contributed by atoms with Crippen LogP contribution in [0.3, 0.4) is 0 Å². The highest BCUT2D eigenvalue weighted by Crippen LogP contribution is 2.16. The number of rotatable bonds is 6. The Labute approximate surface area is 114 Å². The number of hydrogen-bond acceptors (Lipinski definition) is 4. The van der Waals surface area contributed by atoms with Gasteiger partial charge in [0.05, 0.1) is 6.42 Å². The van der Waals surface area contributed by atoms with Gasteiger partial charge in [-0.3, -0.25) is 4.79 Å². The van der Waals surface area contributed by atoms with Gasteiger partial charge in [0.1, 0.15) is 18.1 Å². The monoisotopic (exact) mass is 276 g/mol. The number of ether oxygens (including phenoxy) is 1. The number of hydrogen-bond donors (Lipinski definition) is 2. The summed E-state index contributed by atoms with van der Waals surface area (Å²) in [5.74, 6) is -1.21. The molecule has 0 bridgehead atoms. The van der Waals surface area contributed by atoms with Gasteiger partial charge in [0.15, 0.2) is 0 Å². The van der Waals surface area contributed by atoms with Gasteiger partial charge in [-0.1, -0.05) is 12.1 Å². The van der Waals surface area contributed by atoms with Gasteiger partial charge in [0, 0.05) is 0 Å². The van der Waals surface area contributed by atoms with Crippen LogP contribution in [0.4, 0.5) is 0 Å². The molecule has 2 N–H and O–H groups in total. The predicted molar refractivity (Wildman–Crippen MR) is 67.8 cm³/mol. The van der Waals surface area contributed by atoms with Crippen molar-refractivity contribution in [3.63, 3.8) is 0 Å². The van der Waals surface area contributed by atoms with Crippen molar-refractivity contribution in [2.75, 3.05) is 0 Å². The summed E-state index contributed by atoms with van der Waals surface area (Å²) in [6, 6.07) is 9.51. The first-order valence-corrected chi connectivity index (χ1v) is 5.80. The Balaban J connectivity index is 1.93. The molecule has 0 amide bonds. The molecule has 0 aliphatic rings. The van der Waals surface area contributed by atoms with Crippen LogP contribution in [0, 0.1) is 0 Å². The first-order valence-electron chi connectivity index (χ1n) is 5.80. The Morgan fingerprint density at radius 1 is 1.05 bits per heavy atom. The Morgan fingerprint density at radius 3 is 2.30 bits per heavy atom. The first kappa shape index (κ1) is 13.7. The molecule has 1 aromatic heterocycles. The molecule has 6 nitrogen and oxygen atoms in total. The van der Waals surface area contributed by atoms with E-state index in [0.717, 1.165) is 0 Å². The lowest BCUT2D eigenvalue weighted by Crippen LogP contribution is -2.00. The lowest BCUT2D eigenvalue weighted by atomic mass is 10.1. The lowest BCUT2D eigenvalue weighted by molar-refractivity contribution is -0.136. The maximum Gasteiger partial charge on any atom is 0.371 e. The molecule has 0 spiro atoms.